The Morgan fingerprint density at radius 2 is 2.50 bits per heavy atom. The summed E-state index contributed by atoms with van der Waals surface area (Å²) < 4.78 is 0. The van der Waals surface area contributed by atoms with Crippen LogP contribution in [0.15, 0.2) is 12.4 Å². The van der Waals surface area contributed by atoms with Crippen molar-refractivity contribution >= 4 is 5.91 Å². The van der Waals surface area contributed by atoms with Crippen molar-refractivity contribution in [1.82, 2.24) is 20.6 Å². The molecule has 5 heteroatoms. The van der Waals surface area contributed by atoms with Crippen LogP contribution in [0, 0.1) is 5.92 Å². The molecule has 0 saturated carbocycles. The van der Waals surface area contributed by atoms with Crippen LogP contribution in [0.1, 0.15) is 5.82 Å². The smallest absolute Gasteiger partial charge is 0.225 e. The Labute approximate surface area is 82.3 Å². The monoisotopic (exact) mass is 194 g/mol. The summed E-state index contributed by atoms with van der Waals surface area (Å²) in [4.78, 5) is 18.4. The average molecular weight is 194 g/mol. The summed E-state index contributed by atoms with van der Waals surface area (Å²) in [7, 11) is 0. The lowest BCUT2D eigenvalue weighted by molar-refractivity contribution is -0.126. The summed E-state index contributed by atoms with van der Waals surface area (Å²) in [6.45, 7) is 2.28. The SMILES string of the molecule is O=C(NCCc1ncc[nH]1)C1CNC1. The molecule has 14 heavy (non-hydrogen) atoms. The molecule has 0 radical (unpaired) electrons. The number of nitrogens with one attached hydrogen (secondary N) is 3. The third-order valence-corrected chi connectivity index (χ3v) is 2.37. The van der Waals surface area contributed by atoms with Crippen molar-refractivity contribution < 1.29 is 4.79 Å². The van der Waals surface area contributed by atoms with Crippen LogP contribution in [-0.4, -0.2) is 35.5 Å². The highest BCUT2D eigenvalue weighted by molar-refractivity contribution is 5.79. The quantitative estimate of drug-likeness (QED) is 0.593. The van der Waals surface area contributed by atoms with Gasteiger partial charge < -0.3 is 15.6 Å². The third kappa shape index (κ3) is 2.11. The van der Waals surface area contributed by atoms with E-state index in [1.54, 1.807) is 12.4 Å². The molecular weight excluding hydrogens is 180 g/mol. The van der Waals surface area contributed by atoms with Crippen LogP contribution in [0.25, 0.3) is 0 Å². The van der Waals surface area contributed by atoms with Crippen molar-refractivity contribution in [2.45, 2.75) is 6.42 Å². The van der Waals surface area contributed by atoms with Crippen LogP contribution >= 0.6 is 0 Å². The Hall–Kier alpha value is -1.36. The van der Waals surface area contributed by atoms with Crippen molar-refractivity contribution in [3.8, 4) is 0 Å². The van der Waals surface area contributed by atoms with Gasteiger partial charge in [-0.3, -0.25) is 4.79 Å². The van der Waals surface area contributed by atoms with E-state index in [2.05, 4.69) is 20.6 Å². The molecule has 2 heterocycles. The molecule has 1 amide bonds. The van der Waals surface area contributed by atoms with Crippen LogP contribution in [0.5, 0.6) is 0 Å². The second-order valence-electron chi connectivity index (χ2n) is 3.43. The number of hydrogen-bond donors (Lipinski definition) is 3. The molecule has 76 valence electrons. The predicted octanol–water partition coefficient (Wildman–Crippen LogP) is -0.712. The third-order valence-electron chi connectivity index (χ3n) is 2.37. The lowest BCUT2D eigenvalue weighted by Crippen LogP contribution is -2.51. The molecule has 3 N–H and O–H groups in total. The van der Waals surface area contributed by atoms with Gasteiger partial charge in [0.25, 0.3) is 0 Å². The van der Waals surface area contributed by atoms with Crippen molar-refractivity contribution in [2.75, 3.05) is 19.6 Å². The zero-order valence-electron chi connectivity index (χ0n) is 7.92. The maximum Gasteiger partial charge on any atom is 0.225 e. The minimum atomic E-state index is 0.148. The van der Waals surface area contributed by atoms with E-state index < -0.39 is 0 Å². The van der Waals surface area contributed by atoms with Crippen molar-refractivity contribution in [3.63, 3.8) is 0 Å². The number of rotatable bonds is 4. The average Bonchev–Trinajstić information content (AvgIpc) is 2.53. The molecule has 1 saturated heterocycles. The maximum absolute atomic E-state index is 11.4. The standard InChI is InChI=1S/C9H14N4O/c14-9(7-5-10-6-7)13-2-1-8-11-3-4-12-8/h3-4,7,10H,1-2,5-6H2,(H,11,12)(H,13,14). The first kappa shape index (κ1) is 9.21. The zero-order chi connectivity index (χ0) is 9.80. The largest absolute Gasteiger partial charge is 0.355 e. The summed E-state index contributed by atoms with van der Waals surface area (Å²) in [6, 6.07) is 0. The minimum absolute atomic E-state index is 0.148. The number of nitrogens with zero attached hydrogens (tertiary/aromatic N) is 1. The fourth-order valence-electron chi connectivity index (χ4n) is 1.36. The fourth-order valence-corrected chi connectivity index (χ4v) is 1.36. The van der Waals surface area contributed by atoms with Gasteiger partial charge in [0.2, 0.25) is 5.91 Å². The van der Waals surface area contributed by atoms with E-state index >= 15 is 0 Å². The Kier molecular flexibility index (Phi) is 2.78. The predicted molar refractivity (Wildman–Crippen MR) is 51.7 cm³/mol. The highest BCUT2D eigenvalue weighted by Crippen LogP contribution is 2.01. The van der Waals surface area contributed by atoms with Crippen LogP contribution in [0.2, 0.25) is 0 Å². The number of hydrogen-bond acceptors (Lipinski definition) is 3. The number of carbonyl (C=O) groups is 1. The second-order valence-corrected chi connectivity index (χ2v) is 3.43. The molecule has 0 spiro atoms. The normalized spacial score (nSPS) is 16.3. The molecule has 0 aromatic carbocycles. The molecular formula is C9H14N4O. The summed E-state index contributed by atoms with van der Waals surface area (Å²) in [5.74, 6) is 1.24. The first-order chi connectivity index (χ1) is 6.86. The van der Waals surface area contributed by atoms with Gasteiger partial charge in [-0.25, -0.2) is 4.98 Å². The highest BCUT2D eigenvalue weighted by atomic mass is 16.2. The molecule has 2 rings (SSSR count). The lowest BCUT2D eigenvalue weighted by Gasteiger charge is -2.25. The molecule has 1 aliphatic rings. The summed E-state index contributed by atoms with van der Waals surface area (Å²) >= 11 is 0. The topological polar surface area (TPSA) is 69.8 Å². The van der Waals surface area contributed by atoms with Gasteiger partial charge in [0.05, 0.1) is 5.92 Å². The van der Waals surface area contributed by atoms with Gasteiger partial charge >= 0.3 is 0 Å². The number of H-pyrrole nitrogens is 1. The molecule has 0 unspecified atom stereocenters. The molecule has 1 aliphatic heterocycles. The molecule has 0 atom stereocenters. The fraction of sp³-hybridized carbons (Fsp3) is 0.556. The Balaban J connectivity index is 1.65. The van der Waals surface area contributed by atoms with Crippen molar-refractivity contribution in [1.29, 1.82) is 0 Å². The van der Waals surface area contributed by atoms with Gasteiger partial charge in [-0.05, 0) is 0 Å². The van der Waals surface area contributed by atoms with Crippen molar-refractivity contribution in [3.05, 3.63) is 18.2 Å². The van der Waals surface area contributed by atoms with E-state index in [4.69, 9.17) is 0 Å². The molecule has 0 bridgehead atoms. The summed E-state index contributed by atoms with van der Waals surface area (Å²) in [5, 5.41) is 5.95. The van der Waals surface area contributed by atoms with E-state index in [9.17, 15) is 4.79 Å². The number of amides is 1. The molecule has 1 aromatic heterocycles. The lowest BCUT2D eigenvalue weighted by atomic mass is 10.0. The Morgan fingerprint density at radius 1 is 1.64 bits per heavy atom. The second kappa shape index (κ2) is 4.23. The highest BCUT2D eigenvalue weighted by Gasteiger charge is 2.23. The van der Waals surface area contributed by atoms with E-state index in [0.29, 0.717) is 6.54 Å². The number of carbonyl (C=O) groups excluding carboxylic acids is 1. The molecule has 1 aromatic rings. The summed E-state index contributed by atoms with van der Waals surface area (Å²) in [5.41, 5.74) is 0. The van der Waals surface area contributed by atoms with Crippen LogP contribution in [-0.2, 0) is 11.2 Å². The van der Waals surface area contributed by atoms with E-state index in [-0.39, 0.29) is 11.8 Å². The molecule has 5 nitrogen and oxygen atoms in total. The van der Waals surface area contributed by atoms with Gasteiger partial charge in [-0.2, -0.15) is 0 Å². The van der Waals surface area contributed by atoms with Crippen LogP contribution in [0.3, 0.4) is 0 Å². The minimum Gasteiger partial charge on any atom is -0.355 e. The number of aromatic nitrogens is 2. The van der Waals surface area contributed by atoms with Crippen molar-refractivity contribution in [2.24, 2.45) is 5.92 Å². The molecule has 1 fully saturated rings. The van der Waals surface area contributed by atoms with E-state index in [1.165, 1.54) is 0 Å². The van der Waals surface area contributed by atoms with Crippen LogP contribution in [0.4, 0.5) is 0 Å². The van der Waals surface area contributed by atoms with E-state index in [1.807, 2.05) is 0 Å². The van der Waals surface area contributed by atoms with Gasteiger partial charge in [0.15, 0.2) is 0 Å². The van der Waals surface area contributed by atoms with Gasteiger partial charge in [-0.15, -0.1) is 0 Å². The number of aromatic amines is 1. The zero-order valence-corrected chi connectivity index (χ0v) is 7.92. The first-order valence-corrected chi connectivity index (χ1v) is 4.83. The van der Waals surface area contributed by atoms with Gasteiger partial charge in [-0.1, -0.05) is 0 Å². The van der Waals surface area contributed by atoms with E-state index in [0.717, 1.165) is 25.3 Å². The Morgan fingerprint density at radius 3 is 3.07 bits per heavy atom. The maximum atomic E-state index is 11.4. The first-order valence-electron chi connectivity index (χ1n) is 4.83. The van der Waals surface area contributed by atoms with Gasteiger partial charge in [0, 0.05) is 38.4 Å². The Bertz CT molecular complexity index is 292. The summed E-state index contributed by atoms with van der Waals surface area (Å²) in [6.07, 6.45) is 4.26. The molecule has 0 aliphatic carbocycles. The van der Waals surface area contributed by atoms with Gasteiger partial charge in [0.1, 0.15) is 5.82 Å². The number of imidazole rings is 1. The van der Waals surface area contributed by atoms with Crippen LogP contribution < -0.4 is 10.6 Å².